The third kappa shape index (κ3) is 4.68. The molecule has 0 radical (unpaired) electrons. The molecule has 124 valence electrons. The highest BCUT2D eigenvalue weighted by molar-refractivity contribution is 7.59. The van der Waals surface area contributed by atoms with E-state index in [1.165, 1.54) is 5.56 Å². The van der Waals surface area contributed by atoms with E-state index in [9.17, 15) is 4.57 Å². The Morgan fingerprint density at radius 1 is 1.26 bits per heavy atom. The lowest BCUT2D eigenvalue weighted by molar-refractivity contribution is 0.0442. The molecular weight excluding hydrogens is 313 g/mol. The van der Waals surface area contributed by atoms with Gasteiger partial charge in [0.25, 0.3) is 0 Å². The summed E-state index contributed by atoms with van der Waals surface area (Å²) >= 11 is 0. The van der Waals surface area contributed by atoms with Crippen molar-refractivity contribution in [2.75, 3.05) is 13.2 Å². The maximum atomic E-state index is 12.4. The van der Waals surface area contributed by atoms with Crippen molar-refractivity contribution in [1.82, 2.24) is 0 Å². The number of rotatable bonds is 5. The molecule has 0 amide bonds. The van der Waals surface area contributed by atoms with Crippen molar-refractivity contribution in [3.05, 3.63) is 35.4 Å². The van der Waals surface area contributed by atoms with Gasteiger partial charge in [0.05, 0.1) is 18.9 Å². The predicted molar refractivity (Wildman–Crippen MR) is 90.5 cm³/mol. The van der Waals surface area contributed by atoms with Gasteiger partial charge >= 0.3 is 7.60 Å². The molecule has 0 N–H and O–H groups in total. The molecule has 1 aromatic carbocycles. The lowest BCUT2D eigenvalue weighted by Gasteiger charge is -2.15. The summed E-state index contributed by atoms with van der Waals surface area (Å²) in [6, 6.07) is 8.05. The van der Waals surface area contributed by atoms with Gasteiger partial charge in [0.2, 0.25) is 5.60 Å². The number of benzene rings is 1. The molecule has 0 aromatic heterocycles. The van der Waals surface area contributed by atoms with Gasteiger partial charge in [-0.2, -0.15) is 0 Å². The highest BCUT2D eigenvalue weighted by atomic mass is 31.2. The number of oxime groups is 1. The molecule has 1 heterocycles. The molecule has 0 bridgehead atoms. The van der Waals surface area contributed by atoms with Gasteiger partial charge < -0.3 is 4.84 Å². The van der Waals surface area contributed by atoms with Gasteiger partial charge in [-0.25, -0.2) is 4.57 Å². The molecule has 2 rings (SSSR count). The smallest absolute Gasteiger partial charge is 0.376 e. The van der Waals surface area contributed by atoms with Crippen molar-refractivity contribution in [2.24, 2.45) is 5.16 Å². The zero-order valence-electron chi connectivity index (χ0n) is 14.0. The molecule has 0 aliphatic carbocycles. The lowest BCUT2D eigenvalue weighted by atomic mass is 9.96. The Kier molecular flexibility index (Phi) is 5.64. The van der Waals surface area contributed by atoms with Crippen LogP contribution in [0, 0.1) is 18.5 Å². The molecule has 1 aromatic rings. The van der Waals surface area contributed by atoms with E-state index in [1.807, 2.05) is 38.1 Å². The van der Waals surface area contributed by atoms with Crippen molar-refractivity contribution in [1.29, 1.82) is 0 Å². The first-order valence-electron chi connectivity index (χ1n) is 7.65. The first-order valence-corrected chi connectivity index (χ1v) is 9.19. The van der Waals surface area contributed by atoms with Crippen LogP contribution in [0.1, 0.15) is 38.3 Å². The number of hydrogen-bond donors (Lipinski definition) is 0. The van der Waals surface area contributed by atoms with Crippen molar-refractivity contribution in [3.63, 3.8) is 0 Å². The van der Waals surface area contributed by atoms with Crippen LogP contribution in [0.3, 0.4) is 0 Å². The van der Waals surface area contributed by atoms with Crippen molar-refractivity contribution < 1.29 is 18.5 Å². The average Bonchev–Trinajstić information content (AvgIpc) is 2.90. The molecule has 23 heavy (non-hydrogen) atoms. The van der Waals surface area contributed by atoms with Gasteiger partial charge in [-0.15, -0.1) is 0 Å². The van der Waals surface area contributed by atoms with E-state index in [0.29, 0.717) is 6.42 Å². The molecule has 0 spiro atoms. The largest absolute Gasteiger partial charge is 0.405 e. The van der Waals surface area contributed by atoms with Crippen LogP contribution < -0.4 is 0 Å². The Balaban J connectivity index is 2.13. The van der Waals surface area contributed by atoms with E-state index in [1.54, 1.807) is 13.8 Å². The Hall–Kier alpha value is -1.60. The third-order valence-electron chi connectivity index (χ3n) is 3.30. The lowest BCUT2D eigenvalue weighted by Crippen LogP contribution is -2.22. The van der Waals surface area contributed by atoms with E-state index >= 15 is 0 Å². The summed E-state index contributed by atoms with van der Waals surface area (Å²) in [4.78, 5) is 5.47. The molecule has 1 atom stereocenters. The normalized spacial score (nSPS) is 20.4. The zero-order chi connectivity index (χ0) is 16.9. The predicted octanol–water partition coefficient (Wildman–Crippen LogP) is 4.11. The van der Waals surface area contributed by atoms with Crippen LogP contribution in [0.5, 0.6) is 0 Å². The van der Waals surface area contributed by atoms with Gasteiger partial charge in [-0.3, -0.25) is 9.05 Å². The maximum Gasteiger partial charge on any atom is 0.405 e. The summed E-state index contributed by atoms with van der Waals surface area (Å²) in [7, 11) is -3.40. The van der Waals surface area contributed by atoms with Gasteiger partial charge in [0, 0.05) is 12.1 Å². The highest BCUT2D eigenvalue weighted by Crippen LogP contribution is 2.47. The van der Waals surface area contributed by atoms with E-state index in [0.717, 1.165) is 11.3 Å². The van der Waals surface area contributed by atoms with Crippen molar-refractivity contribution >= 4 is 13.3 Å². The van der Waals surface area contributed by atoms with E-state index < -0.39 is 13.2 Å². The second kappa shape index (κ2) is 7.31. The summed E-state index contributed by atoms with van der Waals surface area (Å²) in [5, 5.41) is 4.12. The molecule has 6 heteroatoms. The minimum atomic E-state index is -3.40. The quantitative estimate of drug-likeness (QED) is 0.600. The highest BCUT2D eigenvalue weighted by Gasteiger charge is 2.34. The minimum absolute atomic E-state index is 0.272. The van der Waals surface area contributed by atoms with Crippen LogP contribution >= 0.6 is 7.60 Å². The minimum Gasteiger partial charge on any atom is -0.376 e. The molecule has 1 aliphatic heterocycles. The molecular formula is C17H22NO4P. The van der Waals surface area contributed by atoms with Crippen LogP contribution in [0.2, 0.25) is 0 Å². The van der Waals surface area contributed by atoms with Crippen LogP contribution in [-0.2, 0) is 18.5 Å². The van der Waals surface area contributed by atoms with Gasteiger partial charge in [-0.1, -0.05) is 35.0 Å². The van der Waals surface area contributed by atoms with Crippen LogP contribution in [0.4, 0.5) is 0 Å². The monoisotopic (exact) mass is 335 g/mol. The Morgan fingerprint density at radius 3 is 2.43 bits per heavy atom. The fraction of sp³-hybridized carbons (Fsp3) is 0.471. The van der Waals surface area contributed by atoms with E-state index in [-0.39, 0.29) is 13.2 Å². The fourth-order valence-corrected chi connectivity index (χ4v) is 3.39. The van der Waals surface area contributed by atoms with Gasteiger partial charge in [0.1, 0.15) is 0 Å². The summed E-state index contributed by atoms with van der Waals surface area (Å²) in [5.41, 5.74) is 4.80. The standard InChI is InChI=1S/C17H22NO4P/c1-5-20-23(19,21-6-2)12-11-17(4)13-16(18-22-17)15-9-7-14(3)8-10-15/h7-10H,5-6,13H2,1-4H3. The fourth-order valence-electron chi connectivity index (χ4n) is 2.14. The zero-order valence-corrected chi connectivity index (χ0v) is 14.9. The summed E-state index contributed by atoms with van der Waals surface area (Å²) < 4.78 is 22.7. The van der Waals surface area contributed by atoms with Crippen molar-refractivity contribution in [3.8, 4) is 11.6 Å². The molecule has 0 fully saturated rings. The maximum absolute atomic E-state index is 12.4. The summed E-state index contributed by atoms with van der Waals surface area (Å²) in [6.45, 7) is 7.89. The van der Waals surface area contributed by atoms with Crippen LogP contribution in [0.15, 0.2) is 29.4 Å². The number of nitrogens with zero attached hydrogens (tertiary/aromatic N) is 1. The molecule has 1 unspecified atom stereocenters. The first-order chi connectivity index (χ1) is 10.9. The number of hydrogen-bond acceptors (Lipinski definition) is 5. The molecule has 5 nitrogen and oxygen atoms in total. The summed E-state index contributed by atoms with van der Waals surface area (Å²) in [5.74, 6) is 2.88. The molecule has 0 saturated heterocycles. The van der Waals surface area contributed by atoms with Crippen LogP contribution in [0.25, 0.3) is 0 Å². The van der Waals surface area contributed by atoms with Crippen molar-refractivity contribution in [2.45, 2.75) is 39.7 Å². The second-order valence-corrected chi connectivity index (χ2v) is 7.21. The SMILES string of the molecule is CCOP(=O)(C#CC1(C)CC(c2ccc(C)cc2)=NO1)OCC. The Bertz CT molecular complexity index is 677. The van der Waals surface area contributed by atoms with Gasteiger partial charge in [-0.05, 0) is 39.2 Å². The Morgan fingerprint density at radius 2 is 1.87 bits per heavy atom. The molecule has 0 saturated carbocycles. The number of aryl methyl sites for hydroxylation is 1. The summed E-state index contributed by atoms with van der Waals surface area (Å²) in [6.07, 6.45) is 0.515. The average molecular weight is 335 g/mol. The third-order valence-corrected chi connectivity index (χ3v) is 4.88. The topological polar surface area (TPSA) is 57.1 Å². The van der Waals surface area contributed by atoms with Crippen LogP contribution in [-0.4, -0.2) is 24.5 Å². The van der Waals surface area contributed by atoms with Gasteiger partial charge in [0.15, 0.2) is 0 Å². The molecule has 1 aliphatic rings. The first kappa shape index (κ1) is 17.7. The second-order valence-electron chi connectivity index (χ2n) is 5.47. The Labute approximate surface area is 137 Å². The van der Waals surface area contributed by atoms with E-state index in [2.05, 4.69) is 16.7 Å². The van der Waals surface area contributed by atoms with E-state index in [4.69, 9.17) is 13.9 Å².